The standard InChI is InChI=1S/C26H18BN.C25H47B25N2P24/c1-16-10-12-19-20-13-11-18-15-17-6-2-3-7-21(17)27-22-8-4-5-9-23(22)28(24(19)14-16)26(20)25(18)27;53-26-44(69-42-68-22-11-5-10-21-23(22)17-13-12-16-14-15-6-1-2-7-18(15)43-19-8-3-4-9-20(19)52(21)25(17)24(16)43)50(74(40-66)41-67)75(46(28-55)71(34-60)35-61)31-51-49(45(27-54)70(32-58)33-59)76(47(29-56)72(36-62)37-63)48(30-57)73(38-64)39-65/h2-14H,15H2,1H3;1-13,68-69H,14,53-67H2. The number of benzene rings is 8. The van der Waals surface area contributed by atoms with Crippen LogP contribution in [-0.2, 0) is 12.8 Å². The van der Waals surface area contributed by atoms with Crippen molar-refractivity contribution in [3.8, 4) is 11.4 Å². The Hall–Kier alpha value is 5.17. The van der Waals surface area contributed by atoms with Crippen LogP contribution in [0.5, 0.6) is 0 Å². The van der Waals surface area contributed by atoms with Crippen molar-refractivity contribution in [3.63, 3.8) is 0 Å². The number of fused-ring (bicyclic) bond motifs is 16. The minimum absolute atomic E-state index is 0.0546. The molecule has 14 rings (SSSR count). The van der Waals surface area contributed by atoms with Gasteiger partial charge in [-0.05, 0) is 65.1 Å². The molecular weight excluding hydrogens is 1680 g/mol. The summed E-state index contributed by atoms with van der Waals surface area (Å²) in [6.07, 6.45) is 2.54. The first-order valence-corrected chi connectivity index (χ1v) is 57.1. The number of hydrogen-bond donors (Lipinski definition) is 0. The predicted octanol–water partition coefficient (Wildman–Crippen LogP) is 9.66. The van der Waals surface area contributed by atoms with Crippen molar-refractivity contribution in [2.45, 2.75) is 19.8 Å². The van der Waals surface area contributed by atoms with E-state index in [9.17, 15) is 0 Å². The minimum atomic E-state index is -0.856. The fourth-order valence-electron chi connectivity index (χ4n) is 16.1. The van der Waals surface area contributed by atoms with E-state index in [0.29, 0.717) is 53.9 Å². The van der Waals surface area contributed by atoms with Gasteiger partial charge in [-0.1, -0.05) is 120 Å². The molecule has 10 aromatic rings. The summed E-state index contributed by atoms with van der Waals surface area (Å²) in [4.78, 5) is 6.23. The molecule has 3 nitrogen and oxygen atoms in total. The normalized spacial score (nSPS) is 13.0. The summed E-state index contributed by atoms with van der Waals surface area (Å²) in [6, 6.07) is 61.2. The van der Waals surface area contributed by atoms with Crippen LogP contribution in [0.15, 0.2) is 163 Å². The van der Waals surface area contributed by atoms with Gasteiger partial charge in [0, 0.05) is 22.0 Å². The predicted molar refractivity (Wildman–Crippen MR) is 585 cm³/mol. The zero-order valence-corrected chi connectivity index (χ0v) is 83.2. The summed E-state index contributed by atoms with van der Waals surface area (Å²) < 4.78 is 5.13. The monoisotopic (exact) mass is 1750 g/mol. The van der Waals surface area contributed by atoms with Gasteiger partial charge in [0.1, 0.15) is 0 Å². The molecule has 0 fully saturated rings. The summed E-state index contributed by atoms with van der Waals surface area (Å²) in [5, 5.41) is 6.95. The van der Waals surface area contributed by atoms with Gasteiger partial charge in [0.05, 0.1) is 5.52 Å². The van der Waals surface area contributed by atoms with Gasteiger partial charge in [0.25, 0.3) is 0 Å². The Morgan fingerprint density at radius 2 is 0.904 bits per heavy atom. The average Bonchev–Trinajstić information content (AvgIpc) is 1.52. The third-order valence-electron chi connectivity index (χ3n) is 20.6. The molecule has 0 N–H and O–H groups in total. The van der Waals surface area contributed by atoms with Gasteiger partial charge in [-0.3, -0.25) is 0 Å². The Balaban J connectivity index is 0.000000280. The van der Waals surface area contributed by atoms with E-state index < -0.39 is 52.9 Å². The first-order chi connectivity index (χ1) is 50.9. The van der Waals surface area contributed by atoms with E-state index in [1.54, 1.807) is 0 Å². The van der Waals surface area contributed by atoms with E-state index in [1.807, 2.05) is 0 Å². The van der Waals surface area contributed by atoms with E-state index >= 15 is 0 Å². The van der Waals surface area contributed by atoms with E-state index in [1.165, 1.54) is 121 Å². The zero-order chi connectivity index (χ0) is 73.0. The third-order valence-corrected chi connectivity index (χ3v) is 58.2. The van der Waals surface area contributed by atoms with Crippen LogP contribution in [0.1, 0.15) is 27.8 Å². The van der Waals surface area contributed by atoms with Crippen LogP contribution in [0.25, 0.3) is 55.0 Å². The van der Waals surface area contributed by atoms with Crippen molar-refractivity contribution in [2.24, 2.45) is 4.81 Å². The fraction of sp³-hybridized carbons (Fsp3) is 0.0588. The summed E-state index contributed by atoms with van der Waals surface area (Å²) >= 11 is 0. The Kier molecular flexibility index (Phi) is 34.7. The molecule has 6 heterocycles. The third kappa shape index (κ3) is 17.4. The second-order valence-electron chi connectivity index (χ2n) is 25.6. The average molecular weight is 1740 g/mol. The van der Waals surface area contributed by atoms with Crippen LogP contribution in [0, 0.1) is 6.92 Å². The van der Waals surface area contributed by atoms with Crippen molar-refractivity contribution in [2.75, 3.05) is 0 Å². The molecule has 8 aromatic carbocycles. The number of hydrogen-bond acceptors (Lipinski definition) is 1. The van der Waals surface area contributed by atoms with E-state index in [-0.39, 0.29) is 19.4 Å². The van der Waals surface area contributed by atoms with Crippen LogP contribution < -0.4 is 38.1 Å². The second-order valence-corrected chi connectivity index (χ2v) is 56.1. The Morgan fingerprint density at radius 3 is 1.41 bits per heavy atom. The molecular formula is C51H65B26N3P24. The molecule has 4 aliphatic rings. The number of nitrogens with zero attached hydrogens (tertiary/aromatic N) is 3. The molecule has 2 aromatic heterocycles. The first-order valence-electron chi connectivity index (χ1n) is 34.0. The van der Waals surface area contributed by atoms with Crippen LogP contribution in [0.2, 0.25) is 0 Å². The van der Waals surface area contributed by atoms with Crippen LogP contribution in [0.4, 0.5) is 0 Å². The first kappa shape index (κ1) is 87.0. The molecule has 482 valence electrons. The molecule has 0 amide bonds. The van der Waals surface area contributed by atoms with E-state index in [0.717, 1.165) is 12.8 Å². The second kappa shape index (κ2) is 41.4. The molecule has 0 spiro atoms. The zero-order valence-electron chi connectivity index (χ0n) is 57.6. The molecule has 0 bridgehead atoms. The maximum atomic E-state index is 6.23. The topological polar surface area (TPSA) is 22.2 Å². The van der Waals surface area contributed by atoms with Crippen molar-refractivity contribution in [1.29, 1.82) is 0 Å². The number of rotatable bonds is 33. The number of aryl methyl sites for hydroxylation is 1. The van der Waals surface area contributed by atoms with Gasteiger partial charge in [-0.2, -0.15) is 0 Å². The van der Waals surface area contributed by atoms with Crippen molar-refractivity contribution in [3.05, 3.63) is 186 Å². The number of aromatic nitrogens is 2. The summed E-state index contributed by atoms with van der Waals surface area (Å²) in [6.45, 7) is 44.0. The van der Waals surface area contributed by atoms with Gasteiger partial charge in [-0.15, -0.1) is 0 Å². The molecule has 53 heteroatoms. The van der Waals surface area contributed by atoms with Crippen molar-refractivity contribution < 1.29 is 0 Å². The maximum absolute atomic E-state index is 6.23. The van der Waals surface area contributed by atoms with Gasteiger partial charge >= 0.3 is 466 Å². The molecule has 0 saturated carbocycles. The van der Waals surface area contributed by atoms with Gasteiger partial charge in [0.2, 0.25) is 6.71 Å². The fourth-order valence-corrected chi connectivity index (χ4v) is 59.7. The molecule has 104 heavy (non-hydrogen) atoms. The molecule has 0 aliphatic carbocycles. The summed E-state index contributed by atoms with van der Waals surface area (Å²) in [5.74, 6) is 0. The molecule has 4 aliphatic heterocycles. The molecule has 18 atom stereocenters. The van der Waals surface area contributed by atoms with Crippen LogP contribution in [-0.4, -0.2) is 181 Å². The van der Waals surface area contributed by atoms with Crippen molar-refractivity contribution in [1.82, 2.24) is 9.13 Å². The summed E-state index contributed by atoms with van der Waals surface area (Å²) in [7, 11) is 41.8. The Labute approximate surface area is 683 Å². The molecule has 0 saturated heterocycles. The van der Waals surface area contributed by atoms with Crippen LogP contribution >= 0.6 is 206 Å². The molecule has 16 radical (unpaired) electrons. The molecule has 18 unspecified atom stereocenters. The van der Waals surface area contributed by atoms with E-state index in [2.05, 4.69) is 426 Å². The van der Waals surface area contributed by atoms with Crippen LogP contribution in [0.3, 0.4) is 0 Å². The van der Waals surface area contributed by atoms with E-state index in [4.69, 9.17) is 4.81 Å². The van der Waals surface area contributed by atoms with Gasteiger partial charge < -0.3 is 4.57 Å². The van der Waals surface area contributed by atoms with Gasteiger partial charge in [-0.25, -0.2) is 0 Å². The number of para-hydroxylation sites is 2. The Morgan fingerprint density at radius 1 is 0.433 bits per heavy atom. The summed E-state index contributed by atoms with van der Waals surface area (Å²) in [5.41, 5.74) is 24.0. The Bertz CT molecular complexity index is 4690. The SMILES string of the molecule is Cc1ccc2c3ccc4c5c3n(c2c1)-c1ccccc1B5c1ccccc1C4.P[B]B(P[B]Pc1cccc2c1c1ccc3c4c1n2-c1ccccc1B4c1ccccc1C3)B(P([B]P)[B]P)P(B=NB(B([B]P)P([B]P)[B]P)P(B([B]P)P([B]P)[B]P)B([B]P)P([B]P)[B]P)B([B]P)P([B]P)[B]P. The quantitative estimate of drug-likeness (QED) is 0.0289. The van der Waals surface area contributed by atoms with Crippen molar-refractivity contribution >= 4 is 460 Å². The van der Waals surface area contributed by atoms with Gasteiger partial charge in [0.15, 0.2) is 0 Å².